The Bertz CT molecular complexity index is 1090. The van der Waals surface area contributed by atoms with Crippen LogP contribution < -0.4 is 5.32 Å². The number of hydrogen-bond acceptors (Lipinski definition) is 2. The molecule has 4 rings (SSSR count). The van der Waals surface area contributed by atoms with Crippen molar-refractivity contribution >= 4 is 39.7 Å². The van der Waals surface area contributed by atoms with E-state index in [9.17, 15) is 0 Å². The van der Waals surface area contributed by atoms with Crippen molar-refractivity contribution in [1.82, 2.24) is 14.0 Å². The van der Waals surface area contributed by atoms with Crippen LogP contribution in [-0.2, 0) is 6.54 Å². The van der Waals surface area contributed by atoms with E-state index in [1.54, 1.807) is 0 Å². The van der Waals surface area contributed by atoms with E-state index < -0.39 is 0 Å². The number of imidazole rings is 2. The lowest BCUT2D eigenvalue weighted by atomic mass is 10.2. The van der Waals surface area contributed by atoms with Gasteiger partial charge < -0.3 is 9.88 Å². The lowest BCUT2D eigenvalue weighted by molar-refractivity contribution is 0.872. The maximum Gasteiger partial charge on any atom is 0.216 e. The summed E-state index contributed by atoms with van der Waals surface area (Å²) in [6.45, 7) is 6.57. The summed E-state index contributed by atoms with van der Waals surface area (Å²) in [6, 6.07) is 18.2. The van der Waals surface area contributed by atoms with Gasteiger partial charge in [0.25, 0.3) is 0 Å². The van der Waals surface area contributed by atoms with E-state index >= 15 is 0 Å². The first-order valence-electron chi connectivity index (χ1n) is 8.14. The van der Waals surface area contributed by atoms with Crippen molar-refractivity contribution in [2.45, 2.75) is 13.5 Å². The molecule has 2 aromatic heterocycles. The molecule has 0 atom stereocenters. The van der Waals surface area contributed by atoms with E-state index in [0.29, 0.717) is 11.5 Å². The number of aromatic nitrogens is 3. The molecule has 4 nitrogen and oxygen atoms in total. The van der Waals surface area contributed by atoms with Crippen LogP contribution in [0.5, 0.6) is 0 Å². The zero-order valence-corrected chi connectivity index (χ0v) is 14.8. The fourth-order valence-corrected chi connectivity index (χ4v) is 3.56. The average Bonchev–Trinajstić information content (AvgIpc) is 3.10. The topological polar surface area (TPSA) is 34.3 Å². The first-order chi connectivity index (χ1) is 12.2. The van der Waals surface area contributed by atoms with Crippen LogP contribution in [0.15, 0.2) is 67.3 Å². The van der Waals surface area contributed by atoms with E-state index in [-0.39, 0.29) is 0 Å². The maximum absolute atomic E-state index is 5.71. The minimum absolute atomic E-state index is 0.665. The van der Waals surface area contributed by atoms with Crippen molar-refractivity contribution in [2.24, 2.45) is 0 Å². The average molecular weight is 346 g/mol. The van der Waals surface area contributed by atoms with Gasteiger partial charge >= 0.3 is 0 Å². The highest BCUT2D eigenvalue weighted by molar-refractivity contribution is 7.81. The third-order valence-electron chi connectivity index (χ3n) is 4.25. The first kappa shape index (κ1) is 15.6. The summed E-state index contributed by atoms with van der Waals surface area (Å²) in [4.78, 5) is 5.45. The van der Waals surface area contributed by atoms with Crippen LogP contribution in [0.1, 0.15) is 11.4 Å². The van der Waals surface area contributed by atoms with Gasteiger partial charge in [-0.3, -0.25) is 4.40 Å². The second-order valence-corrected chi connectivity index (χ2v) is 6.30. The molecule has 0 amide bonds. The van der Waals surface area contributed by atoms with Crippen molar-refractivity contribution in [1.29, 1.82) is 0 Å². The lowest BCUT2D eigenvalue weighted by Crippen LogP contribution is -2.14. The van der Waals surface area contributed by atoms with Crippen LogP contribution >= 0.6 is 12.2 Å². The molecule has 2 heterocycles. The molecule has 1 N–H and O–H groups in total. The van der Waals surface area contributed by atoms with Crippen molar-refractivity contribution in [3.8, 4) is 0 Å². The monoisotopic (exact) mass is 346 g/mol. The Balaban J connectivity index is 1.92. The molecular formula is C20H18N4S. The molecular weight excluding hydrogens is 328 g/mol. The third-order valence-corrected chi connectivity index (χ3v) is 4.54. The largest absolute Gasteiger partial charge is 0.345 e. The first-order valence-corrected chi connectivity index (χ1v) is 8.55. The zero-order valence-electron chi connectivity index (χ0n) is 13.9. The summed E-state index contributed by atoms with van der Waals surface area (Å²) in [5.74, 6) is 0.880. The number of aryl methyl sites for hydroxylation is 1. The number of benzene rings is 2. The van der Waals surface area contributed by atoms with Gasteiger partial charge in [0.1, 0.15) is 10.7 Å². The molecule has 0 aliphatic carbocycles. The minimum Gasteiger partial charge on any atom is -0.345 e. The second-order valence-electron chi connectivity index (χ2n) is 5.89. The van der Waals surface area contributed by atoms with Gasteiger partial charge in [0.05, 0.1) is 16.7 Å². The number of thiocarbonyl (C=S) groups is 1. The number of hydrogen-bond donors (Lipinski definition) is 1. The highest BCUT2D eigenvalue weighted by atomic mass is 32.1. The van der Waals surface area contributed by atoms with Crippen molar-refractivity contribution in [3.05, 3.63) is 78.6 Å². The zero-order chi connectivity index (χ0) is 17.4. The van der Waals surface area contributed by atoms with E-state index in [1.165, 1.54) is 0 Å². The predicted octanol–water partition coefficient (Wildman–Crippen LogP) is 4.57. The molecule has 0 saturated heterocycles. The van der Waals surface area contributed by atoms with E-state index in [4.69, 9.17) is 17.2 Å². The van der Waals surface area contributed by atoms with Crippen LogP contribution in [0.3, 0.4) is 0 Å². The number of fused-ring (bicyclic) bond motifs is 3. The van der Waals surface area contributed by atoms with Gasteiger partial charge in [0.15, 0.2) is 0 Å². The standard InChI is InChI=1S/C20H18N4S/c1-3-13-23-16-11-7-8-12-17(16)24-18(14(2)21-20(23)24)19(25)22-15-9-5-4-6-10-15/h3-12H,1,13H2,2H3,(H,22,25). The van der Waals surface area contributed by atoms with Crippen LogP contribution in [0.25, 0.3) is 16.8 Å². The molecule has 0 aliphatic heterocycles. The Kier molecular flexibility index (Phi) is 3.86. The molecule has 0 spiro atoms. The number of allylic oxidation sites excluding steroid dienone is 1. The SMILES string of the molecule is C=CCn1c2ccccc2n2c(C(=S)Nc3ccccc3)c(C)nc12. The van der Waals surface area contributed by atoms with Gasteiger partial charge in [0, 0.05) is 12.2 Å². The van der Waals surface area contributed by atoms with E-state index in [2.05, 4.69) is 33.0 Å². The Morgan fingerprint density at radius 2 is 1.80 bits per heavy atom. The normalized spacial score (nSPS) is 11.1. The predicted molar refractivity (Wildman–Crippen MR) is 107 cm³/mol. The fourth-order valence-electron chi connectivity index (χ4n) is 3.20. The molecule has 0 unspecified atom stereocenters. The molecule has 4 aromatic rings. The van der Waals surface area contributed by atoms with E-state index in [1.807, 2.05) is 55.5 Å². The van der Waals surface area contributed by atoms with Crippen LogP contribution in [0, 0.1) is 6.92 Å². The van der Waals surface area contributed by atoms with Gasteiger partial charge in [0.2, 0.25) is 5.78 Å². The number of para-hydroxylation sites is 3. The number of rotatable bonds is 4. The molecule has 0 fully saturated rings. The number of nitrogens with zero attached hydrogens (tertiary/aromatic N) is 3. The van der Waals surface area contributed by atoms with Crippen molar-refractivity contribution < 1.29 is 0 Å². The Labute approximate surface area is 151 Å². The van der Waals surface area contributed by atoms with E-state index in [0.717, 1.165) is 33.9 Å². The fraction of sp³-hybridized carbons (Fsp3) is 0.100. The molecule has 0 radical (unpaired) electrons. The lowest BCUT2D eigenvalue weighted by Gasteiger charge is -2.08. The minimum atomic E-state index is 0.665. The molecule has 124 valence electrons. The van der Waals surface area contributed by atoms with Gasteiger partial charge in [-0.05, 0) is 31.2 Å². The van der Waals surface area contributed by atoms with Crippen LogP contribution in [0.2, 0.25) is 0 Å². The molecule has 0 aliphatic rings. The van der Waals surface area contributed by atoms with Crippen molar-refractivity contribution in [2.75, 3.05) is 5.32 Å². The van der Waals surface area contributed by atoms with Gasteiger partial charge in [-0.2, -0.15) is 0 Å². The van der Waals surface area contributed by atoms with Gasteiger partial charge in [-0.15, -0.1) is 6.58 Å². The van der Waals surface area contributed by atoms with Gasteiger partial charge in [-0.1, -0.05) is 48.6 Å². The molecule has 0 saturated carbocycles. The molecule has 5 heteroatoms. The van der Waals surface area contributed by atoms with Crippen LogP contribution in [0.4, 0.5) is 5.69 Å². The molecule has 2 aromatic carbocycles. The second kappa shape index (κ2) is 6.18. The smallest absolute Gasteiger partial charge is 0.216 e. The summed E-state index contributed by atoms with van der Waals surface area (Å²) in [5, 5.41) is 3.32. The summed E-state index contributed by atoms with van der Waals surface area (Å²) in [6.07, 6.45) is 1.89. The summed E-state index contributed by atoms with van der Waals surface area (Å²) in [5.41, 5.74) is 5.01. The number of nitrogens with one attached hydrogen (secondary N) is 1. The quantitative estimate of drug-likeness (QED) is 0.434. The highest BCUT2D eigenvalue weighted by Gasteiger charge is 2.20. The summed E-state index contributed by atoms with van der Waals surface area (Å²) >= 11 is 5.71. The summed E-state index contributed by atoms with van der Waals surface area (Å²) < 4.78 is 4.29. The maximum atomic E-state index is 5.71. The Hall–Kier alpha value is -2.92. The highest BCUT2D eigenvalue weighted by Crippen LogP contribution is 2.25. The third kappa shape index (κ3) is 2.53. The van der Waals surface area contributed by atoms with Crippen LogP contribution in [-0.4, -0.2) is 18.9 Å². The molecule has 0 bridgehead atoms. The summed E-state index contributed by atoms with van der Waals surface area (Å²) in [7, 11) is 0. The Morgan fingerprint density at radius 1 is 1.12 bits per heavy atom. The Morgan fingerprint density at radius 3 is 2.52 bits per heavy atom. The molecule has 25 heavy (non-hydrogen) atoms. The van der Waals surface area contributed by atoms with Crippen molar-refractivity contribution in [3.63, 3.8) is 0 Å². The van der Waals surface area contributed by atoms with Gasteiger partial charge in [-0.25, -0.2) is 4.98 Å². The number of anilines is 1.